The second-order valence-corrected chi connectivity index (χ2v) is 12.3. The number of hydrogen-bond acceptors (Lipinski definition) is 8. The van der Waals surface area contributed by atoms with Crippen molar-refractivity contribution in [1.29, 1.82) is 0 Å². The van der Waals surface area contributed by atoms with Crippen LogP contribution in [0.15, 0.2) is 97.2 Å². The molecule has 0 aliphatic carbocycles. The van der Waals surface area contributed by atoms with Gasteiger partial charge in [-0.25, -0.2) is 0 Å². The summed E-state index contributed by atoms with van der Waals surface area (Å²) in [5, 5.41) is 53.6. The minimum Gasteiger partial charge on any atom is -0.394 e. The maximum atomic E-state index is 12.8. The zero-order valence-electron chi connectivity index (χ0n) is 30.3. The Balaban J connectivity index is 2.50. The maximum absolute atomic E-state index is 12.8. The fourth-order valence-corrected chi connectivity index (χ4v) is 4.88. The van der Waals surface area contributed by atoms with Crippen LogP contribution in [-0.4, -0.2) is 87.5 Å². The summed E-state index contributed by atoms with van der Waals surface area (Å²) in [6.07, 6.45) is 36.2. The average Bonchev–Trinajstić information content (AvgIpc) is 3.11. The smallest absolute Gasteiger partial charge is 0.220 e. The summed E-state index contributed by atoms with van der Waals surface area (Å²) in [5.41, 5.74) is 0. The Bertz CT molecular complexity index is 1090. The van der Waals surface area contributed by atoms with Crippen molar-refractivity contribution >= 4 is 5.91 Å². The van der Waals surface area contributed by atoms with Crippen LogP contribution in [0.5, 0.6) is 0 Å². The highest BCUT2D eigenvalue weighted by Gasteiger charge is 2.44. The molecule has 1 rings (SSSR count). The first-order valence-corrected chi connectivity index (χ1v) is 18.5. The van der Waals surface area contributed by atoms with E-state index in [0.29, 0.717) is 6.42 Å². The summed E-state index contributed by atoms with van der Waals surface area (Å²) < 4.78 is 11.1. The van der Waals surface area contributed by atoms with Gasteiger partial charge in [0.05, 0.1) is 25.4 Å². The van der Waals surface area contributed by atoms with Crippen LogP contribution in [0.4, 0.5) is 0 Å². The third-order valence-electron chi connectivity index (χ3n) is 7.91. The Morgan fingerprint density at radius 3 is 1.78 bits per heavy atom. The van der Waals surface area contributed by atoms with Crippen molar-refractivity contribution in [3.05, 3.63) is 97.2 Å². The van der Waals surface area contributed by atoms with Gasteiger partial charge in [0.1, 0.15) is 24.4 Å². The Morgan fingerprint density at radius 1 is 0.700 bits per heavy atom. The van der Waals surface area contributed by atoms with Crippen LogP contribution in [0.2, 0.25) is 0 Å². The van der Waals surface area contributed by atoms with Gasteiger partial charge >= 0.3 is 0 Å². The molecule has 7 unspecified atom stereocenters. The second kappa shape index (κ2) is 30.9. The number of carbonyl (C=O) groups excluding carboxylic acids is 1. The number of amides is 1. The lowest BCUT2D eigenvalue weighted by molar-refractivity contribution is -0.302. The highest BCUT2D eigenvalue weighted by Crippen LogP contribution is 2.22. The van der Waals surface area contributed by atoms with E-state index in [4.69, 9.17) is 9.47 Å². The molecule has 1 saturated heterocycles. The second-order valence-electron chi connectivity index (χ2n) is 12.3. The summed E-state index contributed by atoms with van der Waals surface area (Å²) >= 11 is 0. The van der Waals surface area contributed by atoms with E-state index < -0.39 is 49.5 Å². The first-order valence-electron chi connectivity index (χ1n) is 18.5. The fraction of sp³-hybridized carbons (Fsp3) is 0.585. The quantitative estimate of drug-likeness (QED) is 0.0438. The minimum absolute atomic E-state index is 0.206. The molecule has 282 valence electrons. The Kier molecular flexibility index (Phi) is 27.9. The van der Waals surface area contributed by atoms with Gasteiger partial charge in [-0.15, -0.1) is 0 Å². The molecular formula is C41H65NO8. The van der Waals surface area contributed by atoms with Crippen LogP contribution in [-0.2, 0) is 14.3 Å². The molecule has 7 atom stereocenters. The molecule has 0 bridgehead atoms. The Hall–Kier alpha value is -2.89. The lowest BCUT2D eigenvalue weighted by Gasteiger charge is -2.40. The molecule has 6 N–H and O–H groups in total. The zero-order valence-corrected chi connectivity index (χ0v) is 30.3. The number of aliphatic hydroxyl groups is 5. The zero-order chi connectivity index (χ0) is 36.7. The predicted octanol–water partition coefficient (Wildman–Crippen LogP) is 6.21. The van der Waals surface area contributed by atoms with Crippen molar-refractivity contribution in [3.63, 3.8) is 0 Å². The molecular weight excluding hydrogens is 634 g/mol. The highest BCUT2D eigenvalue weighted by atomic mass is 16.7. The molecule has 1 aliphatic heterocycles. The van der Waals surface area contributed by atoms with Crippen molar-refractivity contribution in [2.24, 2.45) is 0 Å². The summed E-state index contributed by atoms with van der Waals surface area (Å²) in [6, 6.07) is -0.864. The molecule has 0 aromatic heterocycles. The molecule has 0 aromatic rings. The first-order chi connectivity index (χ1) is 24.3. The largest absolute Gasteiger partial charge is 0.394 e. The number of unbranched alkanes of at least 4 members (excludes halogenated alkanes) is 3. The van der Waals surface area contributed by atoms with Gasteiger partial charge in [0.15, 0.2) is 6.29 Å². The lowest BCUT2D eigenvalue weighted by Crippen LogP contribution is -2.60. The number of carbonyl (C=O) groups is 1. The number of nitrogens with one attached hydrogen (secondary N) is 1. The number of allylic oxidation sites excluding steroid dienone is 15. The van der Waals surface area contributed by atoms with E-state index in [-0.39, 0.29) is 18.9 Å². The van der Waals surface area contributed by atoms with Gasteiger partial charge in [-0.3, -0.25) is 4.79 Å². The van der Waals surface area contributed by atoms with Crippen molar-refractivity contribution < 1.29 is 39.8 Å². The van der Waals surface area contributed by atoms with Gasteiger partial charge in [0, 0.05) is 6.42 Å². The molecule has 9 heteroatoms. The van der Waals surface area contributed by atoms with Gasteiger partial charge in [-0.05, 0) is 64.2 Å². The molecule has 0 aromatic carbocycles. The summed E-state index contributed by atoms with van der Waals surface area (Å²) in [4.78, 5) is 12.8. The number of rotatable bonds is 27. The molecule has 50 heavy (non-hydrogen) atoms. The SMILES string of the molecule is CC/C=C\C/C=C\C/C=C\C/C=C\C/C=C\C/C=C\CCC(=O)NC(COC1OC(CO)C(O)C(O)C1O)C(O)/C=C/CC/C=C/CCCC. The maximum Gasteiger partial charge on any atom is 0.220 e. The fourth-order valence-electron chi connectivity index (χ4n) is 4.88. The van der Waals surface area contributed by atoms with E-state index in [0.717, 1.165) is 70.6 Å². The molecule has 1 fully saturated rings. The van der Waals surface area contributed by atoms with Crippen LogP contribution in [0.25, 0.3) is 0 Å². The van der Waals surface area contributed by atoms with E-state index in [1.165, 1.54) is 0 Å². The van der Waals surface area contributed by atoms with Gasteiger partial charge in [-0.1, -0.05) is 124 Å². The topological polar surface area (TPSA) is 149 Å². The van der Waals surface area contributed by atoms with Gasteiger partial charge in [0.2, 0.25) is 5.91 Å². The van der Waals surface area contributed by atoms with Crippen LogP contribution in [0.1, 0.15) is 97.3 Å². The van der Waals surface area contributed by atoms with E-state index in [1.54, 1.807) is 6.08 Å². The Labute approximate surface area is 301 Å². The highest BCUT2D eigenvalue weighted by molar-refractivity contribution is 5.76. The third kappa shape index (κ3) is 22.0. The van der Waals surface area contributed by atoms with E-state index >= 15 is 0 Å². The monoisotopic (exact) mass is 699 g/mol. The van der Waals surface area contributed by atoms with Gasteiger partial charge in [0.25, 0.3) is 0 Å². The summed E-state index contributed by atoms with van der Waals surface area (Å²) in [7, 11) is 0. The molecule has 0 radical (unpaired) electrons. The van der Waals surface area contributed by atoms with Crippen LogP contribution < -0.4 is 5.32 Å². The van der Waals surface area contributed by atoms with E-state index in [2.05, 4.69) is 92.1 Å². The van der Waals surface area contributed by atoms with E-state index in [1.807, 2.05) is 18.2 Å². The molecule has 1 amide bonds. The Morgan fingerprint density at radius 2 is 1.22 bits per heavy atom. The van der Waals surface area contributed by atoms with Crippen molar-refractivity contribution in [2.45, 2.75) is 140 Å². The summed E-state index contributed by atoms with van der Waals surface area (Å²) in [6.45, 7) is 3.46. The molecule has 0 spiro atoms. The average molecular weight is 700 g/mol. The van der Waals surface area contributed by atoms with Crippen LogP contribution in [0, 0.1) is 0 Å². The van der Waals surface area contributed by atoms with E-state index in [9.17, 15) is 30.3 Å². The third-order valence-corrected chi connectivity index (χ3v) is 7.91. The van der Waals surface area contributed by atoms with Crippen LogP contribution >= 0.6 is 0 Å². The van der Waals surface area contributed by atoms with Crippen molar-refractivity contribution in [3.8, 4) is 0 Å². The molecule has 9 nitrogen and oxygen atoms in total. The van der Waals surface area contributed by atoms with Crippen LogP contribution in [0.3, 0.4) is 0 Å². The van der Waals surface area contributed by atoms with Gasteiger partial charge in [-0.2, -0.15) is 0 Å². The summed E-state index contributed by atoms with van der Waals surface area (Å²) in [5.74, 6) is -0.279. The molecule has 1 heterocycles. The normalized spacial score (nSPS) is 23.4. The molecule has 0 saturated carbocycles. The standard InChI is InChI=1S/C41H65NO8/c1-3-5-7-9-11-13-14-15-16-17-18-19-20-21-22-23-25-27-29-31-37(45)42-34(35(44)30-28-26-24-12-10-8-6-4-2)33-49-41-40(48)39(47)38(46)36(32-43)50-41/h5,7,10-13,15-16,18-19,21-22,25,27-28,30,34-36,38-41,43-44,46-48H,3-4,6,8-9,14,17,20,23-24,26,29,31-33H2,1-2H3,(H,42,45)/b7-5-,12-10+,13-11-,16-15-,19-18-,22-21-,27-25-,30-28+. The van der Waals surface area contributed by atoms with Crippen molar-refractivity contribution in [2.75, 3.05) is 13.2 Å². The first kappa shape index (κ1) is 45.1. The minimum atomic E-state index is -1.59. The van der Waals surface area contributed by atoms with Gasteiger partial charge < -0.3 is 40.3 Å². The predicted molar refractivity (Wildman–Crippen MR) is 202 cm³/mol. The number of hydrogen-bond donors (Lipinski definition) is 6. The lowest BCUT2D eigenvalue weighted by atomic mass is 9.99. The molecule has 1 aliphatic rings. The number of ether oxygens (including phenoxy) is 2. The number of aliphatic hydroxyl groups excluding tert-OH is 5. The van der Waals surface area contributed by atoms with Crippen molar-refractivity contribution in [1.82, 2.24) is 5.32 Å².